The average molecular weight is 365 g/mol. The Bertz CT molecular complexity index is 476. The summed E-state index contributed by atoms with van der Waals surface area (Å²) in [5, 5.41) is 16.6. The van der Waals surface area contributed by atoms with Crippen molar-refractivity contribution in [2.45, 2.75) is 32.4 Å². The van der Waals surface area contributed by atoms with Gasteiger partial charge in [0.15, 0.2) is 5.84 Å². The second kappa shape index (κ2) is 12.1. The fourth-order valence-electron chi connectivity index (χ4n) is 1.37. The lowest BCUT2D eigenvalue weighted by Crippen LogP contribution is -2.42. The maximum atomic E-state index is 9.71. The van der Waals surface area contributed by atoms with Crippen LogP contribution in [0.3, 0.4) is 0 Å². The van der Waals surface area contributed by atoms with E-state index in [4.69, 9.17) is 10.6 Å². The van der Waals surface area contributed by atoms with Gasteiger partial charge in [0.05, 0.1) is 0 Å². The van der Waals surface area contributed by atoms with Crippen LogP contribution in [0.25, 0.3) is 6.08 Å². The average Bonchev–Trinajstić information content (AvgIpc) is 2.43. The van der Waals surface area contributed by atoms with Gasteiger partial charge in [-0.15, -0.1) is 24.8 Å². The van der Waals surface area contributed by atoms with Crippen LogP contribution in [0.1, 0.15) is 26.3 Å². The number of aliphatic hydroxyl groups excluding tert-OH is 1. The summed E-state index contributed by atoms with van der Waals surface area (Å²) in [4.78, 5) is 9.00. The van der Waals surface area contributed by atoms with Crippen molar-refractivity contribution in [2.24, 2.45) is 10.9 Å². The monoisotopic (exact) mass is 364 g/mol. The van der Waals surface area contributed by atoms with E-state index < -0.39 is 6.10 Å². The molecule has 1 aromatic rings. The van der Waals surface area contributed by atoms with Gasteiger partial charge in [0, 0.05) is 24.5 Å². The lowest BCUT2D eigenvalue weighted by Gasteiger charge is -2.22. The van der Waals surface area contributed by atoms with Gasteiger partial charge < -0.3 is 21.0 Å². The van der Waals surface area contributed by atoms with Crippen LogP contribution in [0, 0.1) is 0 Å². The molecule has 0 saturated heterocycles. The summed E-state index contributed by atoms with van der Waals surface area (Å²) in [6.07, 6.45) is 6.18. The summed E-state index contributed by atoms with van der Waals surface area (Å²) in [6, 6.07) is 3.74. The number of nitrogens with two attached hydrogens (primary N) is 1. The number of nitrogens with zero attached hydrogens (tertiary/aromatic N) is 2. The normalized spacial score (nSPS) is 13.1. The van der Waals surface area contributed by atoms with Gasteiger partial charge in [-0.05, 0) is 44.6 Å². The van der Waals surface area contributed by atoms with Crippen LogP contribution in [-0.2, 0) is 4.84 Å². The van der Waals surface area contributed by atoms with E-state index in [0.29, 0.717) is 6.54 Å². The first-order valence-corrected chi connectivity index (χ1v) is 6.83. The van der Waals surface area contributed by atoms with Crippen molar-refractivity contribution in [3.05, 3.63) is 36.2 Å². The minimum Gasteiger partial charge on any atom is -0.391 e. The Hall–Kier alpha value is -1.34. The molecule has 1 aromatic heterocycles. The van der Waals surface area contributed by atoms with Gasteiger partial charge in [-0.1, -0.05) is 11.2 Å². The molecule has 132 valence electrons. The number of oxime groups is 1. The number of rotatable bonds is 7. The SMILES string of the molecule is CC(C)(C)NCC(O)CON=C(N)C=Cc1cccnc1.Cl.Cl. The van der Waals surface area contributed by atoms with Crippen molar-refractivity contribution in [3.8, 4) is 0 Å². The van der Waals surface area contributed by atoms with Crippen LogP contribution in [0.15, 0.2) is 35.8 Å². The van der Waals surface area contributed by atoms with E-state index in [-0.39, 0.29) is 42.8 Å². The summed E-state index contributed by atoms with van der Waals surface area (Å²) >= 11 is 0. The second-order valence-corrected chi connectivity index (χ2v) is 5.72. The van der Waals surface area contributed by atoms with Gasteiger partial charge in [0.2, 0.25) is 0 Å². The van der Waals surface area contributed by atoms with Gasteiger partial charge in [0.1, 0.15) is 12.7 Å². The number of nitrogens with one attached hydrogen (secondary N) is 1. The first-order valence-electron chi connectivity index (χ1n) is 6.83. The van der Waals surface area contributed by atoms with Gasteiger partial charge in [-0.2, -0.15) is 0 Å². The molecule has 0 aliphatic carbocycles. The summed E-state index contributed by atoms with van der Waals surface area (Å²) in [5.41, 5.74) is 6.55. The molecule has 0 saturated carbocycles. The van der Waals surface area contributed by atoms with Gasteiger partial charge in [0.25, 0.3) is 0 Å². The topological polar surface area (TPSA) is 92.8 Å². The quantitative estimate of drug-likeness (QED) is 0.390. The van der Waals surface area contributed by atoms with E-state index in [0.717, 1.165) is 5.56 Å². The highest BCUT2D eigenvalue weighted by atomic mass is 35.5. The molecule has 0 spiro atoms. The zero-order chi connectivity index (χ0) is 15.7. The Morgan fingerprint density at radius 1 is 1.48 bits per heavy atom. The van der Waals surface area contributed by atoms with E-state index in [1.54, 1.807) is 24.5 Å². The van der Waals surface area contributed by atoms with E-state index in [1.165, 1.54) is 0 Å². The third-order valence-electron chi connectivity index (χ3n) is 2.44. The van der Waals surface area contributed by atoms with Crippen LogP contribution < -0.4 is 11.1 Å². The summed E-state index contributed by atoms with van der Waals surface area (Å²) in [5.74, 6) is 0.231. The fraction of sp³-hybridized carbons (Fsp3) is 0.467. The molecule has 0 radical (unpaired) electrons. The molecule has 0 aliphatic rings. The highest BCUT2D eigenvalue weighted by Crippen LogP contribution is 1.99. The molecule has 4 N–H and O–H groups in total. The van der Waals surface area contributed by atoms with E-state index in [1.807, 2.05) is 32.9 Å². The number of pyridine rings is 1. The number of halogens is 2. The predicted molar refractivity (Wildman–Crippen MR) is 99.1 cm³/mol. The van der Waals surface area contributed by atoms with Crippen molar-refractivity contribution in [3.63, 3.8) is 0 Å². The predicted octanol–water partition coefficient (Wildman–Crippen LogP) is 1.98. The zero-order valence-corrected chi connectivity index (χ0v) is 15.2. The summed E-state index contributed by atoms with van der Waals surface area (Å²) in [6.45, 7) is 6.61. The fourth-order valence-corrected chi connectivity index (χ4v) is 1.37. The highest BCUT2D eigenvalue weighted by Gasteiger charge is 2.12. The molecule has 0 bridgehead atoms. The number of β-amino-alcohol motifs (C(OH)–C–C–N with tert-alkyl or cyclic N) is 1. The second-order valence-electron chi connectivity index (χ2n) is 5.72. The van der Waals surface area contributed by atoms with Gasteiger partial charge in [-0.3, -0.25) is 4.98 Å². The van der Waals surface area contributed by atoms with Crippen molar-refractivity contribution < 1.29 is 9.94 Å². The minimum absolute atomic E-state index is 0. The first kappa shape index (κ1) is 23.9. The lowest BCUT2D eigenvalue weighted by atomic mass is 10.1. The van der Waals surface area contributed by atoms with Crippen LogP contribution in [0.4, 0.5) is 0 Å². The van der Waals surface area contributed by atoms with Crippen molar-refractivity contribution >= 4 is 36.7 Å². The van der Waals surface area contributed by atoms with E-state index in [9.17, 15) is 5.11 Å². The third kappa shape index (κ3) is 12.9. The smallest absolute Gasteiger partial charge is 0.162 e. The molecule has 1 heterocycles. The highest BCUT2D eigenvalue weighted by molar-refractivity contribution is 5.94. The molecule has 0 aromatic carbocycles. The maximum Gasteiger partial charge on any atom is 0.162 e. The number of aliphatic hydroxyl groups is 1. The minimum atomic E-state index is -0.636. The number of hydrogen-bond acceptors (Lipinski definition) is 5. The molecular formula is C15H26Cl2N4O2. The third-order valence-corrected chi connectivity index (χ3v) is 2.44. The number of aromatic nitrogens is 1. The molecule has 0 aliphatic heterocycles. The maximum absolute atomic E-state index is 9.71. The first-order chi connectivity index (χ1) is 9.87. The molecule has 1 unspecified atom stereocenters. The van der Waals surface area contributed by atoms with E-state index in [2.05, 4.69) is 15.5 Å². The molecule has 6 nitrogen and oxygen atoms in total. The number of amidine groups is 1. The van der Waals surface area contributed by atoms with Crippen LogP contribution in [0.5, 0.6) is 0 Å². The lowest BCUT2D eigenvalue weighted by molar-refractivity contribution is 0.0372. The Morgan fingerprint density at radius 2 is 2.17 bits per heavy atom. The Morgan fingerprint density at radius 3 is 2.74 bits per heavy atom. The van der Waals surface area contributed by atoms with Crippen molar-refractivity contribution in [2.75, 3.05) is 13.2 Å². The summed E-state index contributed by atoms with van der Waals surface area (Å²) in [7, 11) is 0. The van der Waals surface area contributed by atoms with Crippen molar-refractivity contribution in [1.82, 2.24) is 10.3 Å². The van der Waals surface area contributed by atoms with Crippen LogP contribution >= 0.6 is 24.8 Å². The Labute approximate surface area is 150 Å². The van der Waals surface area contributed by atoms with E-state index >= 15 is 0 Å². The Balaban J connectivity index is 0. The Kier molecular flexibility index (Phi) is 12.6. The standard InChI is InChI=1S/C15H24N4O2.2ClH/c1-15(2,3)18-10-13(20)11-21-19-14(16)7-6-12-5-4-8-17-9-12;;/h4-9,13,18,20H,10-11H2,1-3H3,(H2,16,19);2*1H. The number of hydrogen-bond donors (Lipinski definition) is 3. The molecule has 1 rings (SSSR count). The zero-order valence-electron chi connectivity index (χ0n) is 13.6. The molecule has 8 heteroatoms. The van der Waals surface area contributed by atoms with Gasteiger partial charge >= 0.3 is 0 Å². The van der Waals surface area contributed by atoms with Crippen molar-refractivity contribution in [1.29, 1.82) is 0 Å². The van der Waals surface area contributed by atoms with Crippen LogP contribution in [0.2, 0.25) is 0 Å². The molecule has 0 amide bonds. The molecule has 1 atom stereocenters. The van der Waals surface area contributed by atoms with Crippen LogP contribution in [-0.4, -0.2) is 40.7 Å². The van der Waals surface area contributed by atoms with Gasteiger partial charge in [-0.25, -0.2) is 0 Å². The largest absolute Gasteiger partial charge is 0.391 e. The summed E-state index contributed by atoms with van der Waals surface area (Å²) < 4.78 is 0. The molecule has 23 heavy (non-hydrogen) atoms. The molecular weight excluding hydrogens is 339 g/mol. The molecule has 0 fully saturated rings.